The number of aromatic nitrogens is 2. The minimum absolute atomic E-state index is 0.167. The molecule has 0 fully saturated rings. The summed E-state index contributed by atoms with van der Waals surface area (Å²) in [5.74, 6) is -0.264. The Morgan fingerprint density at radius 1 is 1.50 bits per heavy atom. The Labute approximate surface area is 126 Å². The van der Waals surface area contributed by atoms with Gasteiger partial charge in [0.15, 0.2) is 0 Å². The van der Waals surface area contributed by atoms with E-state index in [9.17, 15) is 9.59 Å². The molecule has 1 aromatic rings. The highest BCUT2D eigenvalue weighted by Crippen LogP contribution is 2.16. The lowest BCUT2D eigenvalue weighted by molar-refractivity contribution is -0.142. The van der Waals surface area contributed by atoms with Crippen molar-refractivity contribution in [2.24, 2.45) is 0 Å². The quantitative estimate of drug-likeness (QED) is 0.731. The van der Waals surface area contributed by atoms with E-state index in [0.29, 0.717) is 29.9 Å². The first kappa shape index (κ1) is 16.7. The molecular weight excluding hydrogens is 326 g/mol. The molecule has 0 radical (unpaired) electrons. The molecule has 0 unspecified atom stereocenters. The number of anilines is 1. The van der Waals surface area contributed by atoms with Crippen LogP contribution in [0.1, 0.15) is 33.1 Å². The van der Waals surface area contributed by atoms with Crippen LogP contribution in [-0.4, -0.2) is 28.9 Å². The number of carbonyl (C=O) groups excluding carboxylic acids is 1. The van der Waals surface area contributed by atoms with Crippen molar-refractivity contribution in [3.63, 3.8) is 0 Å². The Bertz CT molecular complexity index is 502. The van der Waals surface area contributed by atoms with E-state index in [1.165, 1.54) is 4.68 Å². The van der Waals surface area contributed by atoms with Gasteiger partial charge < -0.3 is 10.1 Å². The fourth-order valence-electron chi connectivity index (χ4n) is 1.59. The molecule has 1 heterocycles. The van der Waals surface area contributed by atoms with Crippen LogP contribution < -0.4 is 10.9 Å². The minimum Gasteiger partial charge on any atom is -0.466 e. The number of esters is 1. The number of ether oxygens (including phenoxy) is 1. The Morgan fingerprint density at radius 2 is 2.25 bits per heavy atom. The van der Waals surface area contributed by atoms with E-state index >= 15 is 0 Å². The lowest BCUT2D eigenvalue weighted by Crippen LogP contribution is -2.25. The van der Waals surface area contributed by atoms with Gasteiger partial charge in [0.1, 0.15) is 4.47 Å². The van der Waals surface area contributed by atoms with Gasteiger partial charge in [0.2, 0.25) is 0 Å². The number of nitrogens with zero attached hydrogens (tertiary/aromatic N) is 2. The molecule has 20 heavy (non-hydrogen) atoms. The molecule has 7 heteroatoms. The van der Waals surface area contributed by atoms with Crippen molar-refractivity contribution in [2.75, 3.05) is 18.5 Å². The Kier molecular flexibility index (Phi) is 7.28. The van der Waals surface area contributed by atoms with Crippen molar-refractivity contribution in [3.05, 3.63) is 21.0 Å². The van der Waals surface area contributed by atoms with Crippen LogP contribution in [-0.2, 0) is 16.1 Å². The van der Waals surface area contributed by atoms with Crippen molar-refractivity contribution < 1.29 is 9.53 Å². The van der Waals surface area contributed by atoms with Crippen LogP contribution in [0.15, 0.2) is 15.5 Å². The normalized spacial score (nSPS) is 10.3. The SMILES string of the molecule is CCCCn1ncc(NCCC(=O)OCC)c(Br)c1=O. The number of hydrogen-bond acceptors (Lipinski definition) is 5. The predicted octanol–water partition coefficient (Wildman–Crippen LogP) is 2.17. The van der Waals surface area contributed by atoms with Gasteiger partial charge >= 0.3 is 5.97 Å². The molecule has 1 N–H and O–H groups in total. The van der Waals surface area contributed by atoms with Crippen LogP contribution in [0.2, 0.25) is 0 Å². The zero-order valence-corrected chi connectivity index (χ0v) is 13.4. The van der Waals surface area contributed by atoms with Gasteiger partial charge in [0.05, 0.1) is 24.9 Å². The number of halogens is 1. The van der Waals surface area contributed by atoms with Gasteiger partial charge in [-0.3, -0.25) is 9.59 Å². The fourth-order valence-corrected chi connectivity index (χ4v) is 2.04. The van der Waals surface area contributed by atoms with Crippen LogP contribution in [0.5, 0.6) is 0 Å². The van der Waals surface area contributed by atoms with Gasteiger partial charge in [-0.2, -0.15) is 5.10 Å². The molecule has 0 saturated carbocycles. The molecule has 0 aliphatic heterocycles. The van der Waals surface area contributed by atoms with Crippen molar-refractivity contribution in [3.8, 4) is 0 Å². The van der Waals surface area contributed by atoms with Crippen molar-refractivity contribution >= 4 is 27.6 Å². The smallest absolute Gasteiger partial charge is 0.307 e. The summed E-state index contributed by atoms with van der Waals surface area (Å²) in [7, 11) is 0. The van der Waals surface area contributed by atoms with Crippen molar-refractivity contribution in [1.29, 1.82) is 0 Å². The van der Waals surface area contributed by atoms with E-state index in [1.807, 2.05) is 0 Å². The second-order valence-electron chi connectivity index (χ2n) is 4.24. The summed E-state index contributed by atoms with van der Waals surface area (Å²) in [6.45, 7) is 5.21. The maximum absolute atomic E-state index is 12.0. The maximum atomic E-state index is 12.0. The highest BCUT2D eigenvalue weighted by molar-refractivity contribution is 9.10. The molecule has 0 aliphatic carbocycles. The molecule has 0 saturated heterocycles. The summed E-state index contributed by atoms with van der Waals surface area (Å²) < 4.78 is 6.70. The summed E-state index contributed by atoms with van der Waals surface area (Å²) in [6, 6.07) is 0. The molecule has 1 aromatic heterocycles. The minimum atomic E-state index is -0.264. The molecule has 0 spiro atoms. The van der Waals surface area contributed by atoms with Gasteiger partial charge in [-0.1, -0.05) is 13.3 Å². The van der Waals surface area contributed by atoms with E-state index in [0.717, 1.165) is 12.8 Å². The number of nitrogens with one attached hydrogen (secondary N) is 1. The monoisotopic (exact) mass is 345 g/mol. The second-order valence-corrected chi connectivity index (χ2v) is 5.03. The third kappa shape index (κ3) is 4.96. The molecule has 0 aromatic carbocycles. The molecule has 0 atom stereocenters. The number of aryl methyl sites for hydroxylation is 1. The predicted molar refractivity (Wildman–Crippen MR) is 80.8 cm³/mol. The number of rotatable bonds is 8. The lowest BCUT2D eigenvalue weighted by atomic mass is 10.3. The van der Waals surface area contributed by atoms with Crippen LogP contribution >= 0.6 is 15.9 Å². The number of unbranched alkanes of at least 4 members (excludes halogenated alkanes) is 1. The van der Waals surface area contributed by atoms with E-state index in [2.05, 4.69) is 33.3 Å². The first-order valence-corrected chi connectivity index (χ1v) is 7.54. The lowest BCUT2D eigenvalue weighted by Gasteiger charge is -2.10. The van der Waals surface area contributed by atoms with E-state index in [1.54, 1.807) is 13.1 Å². The number of hydrogen-bond donors (Lipinski definition) is 1. The summed E-state index contributed by atoms with van der Waals surface area (Å²) in [5.41, 5.74) is 0.423. The Balaban J connectivity index is 2.61. The first-order chi connectivity index (χ1) is 9.60. The molecule has 1 rings (SSSR count). The van der Waals surface area contributed by atoms with Gasteiger partial charge in [-0.05, 0) is 29.3 Å². The molecule has 6 nitrogen and oxygen atoms in total. The highest BCUT2D eigenvalue weighted by Gasteiger charge is 2.09. The van der Waals surface area contributed by atoms with Crippen LogP contribution in [0, 0.1) is 0 Å². The summed E-state index contributed by atoms with van der Waals surface area (Å²) in [5, 5.41) is 7.11. The van der Waals surface area contributed by atoms with Gasteiger partial charge in [-0.25, -0.2) is 4.68 Å². The van der Waals surface area contributed by atoms with Crippen LogP contribution in [0.4, 0.5) is 5.69 Å². The average Bonchev–Trinajstić information content (AvgIpc) is 2.43. The van der Waals surface area contributed by atoms with Gasteiger partial charge in [-0.15, -0.1) is 0 Å². The molecule has 0 bridgehead atoms. The summed E-state index contributed by atoms with van der Waals surface area (Å²) in [4.78, 5) is 23.2. The molecular formula is C13H20BrN3O3. The molecule has 112 valence electrons. The second kappa shape index (κ2) is 8.73. The van der Waals surface area contributed by atoms with Gasteiger partial charge in [0.25, 0.3) is 5.56 Å². The standard InChI is InChI=1S/C13H20BrN3O3/c1-3-5-8-17-13(19)12(14)10(9-16-17)15-7-6-11(18)20-4-2/h9,15H,3-8H2,1-2H3. The Hall–Kier alpha value is -1.37. The Morgan fingerprint density at radius 3 is 2.90 bits per heavy atom. The third-order valence-corrected chi connectivity index (χ3v) is 3.42. The topological polar surface area (TPSA) is 73.2 Å². The zero-order valence-electron chi connectivity index (χ0n) is 11.8. The van der Waals surface area contributed by atoms with E-state index in [-0.39, 0.29) is 17.9 Å². The number of carbonyl (C=O) groups is 1. The molecule has 0 amide bonds. The van der Waals surface area contributed by atoms with E-state index in [4.69, 9.17) is 4.74 Å². The van der Waals surface area contributed by atoms with Crippen molar-refractivity contribution in [2.45, 2.75) is 39.7 Å². The van der Waals surface area contributed by atoms with Crippen molar-refractivity contribution in [1.82, 2.24) is 9.78 Å². The molecule has 0 aliphatic rings. The highest BCUT2D eigenvalue weighted by atomic mass is 79.9. The van der Waals surface area contributed by atoms with Gasteiger partial charge in [0, 0.05) is 13.1 Å². The average molecular weight is 346 g/mol. The van der Waals surface area contributed by atoms with E-state index < -0.39 is 0 Å². The summed E-state index contributed by atoms with van der Waals surface area (Å²) in [6.07, 6.45) is 3.76. The van der Waals surface area contributed by atoms with Crippen LogP contribution in [0.3, 0.4) is 0 Å². The third-order valence-electron chi connectivity index (χ3n) is 2.66. The van der Waals surface area contributed by atoms with Crippen LogP contribution in [0.25, 0.3) is 0 Å². The fraction of sp³-hybridized carbons (Fsp3) is 0.615. The zero-order chi connectivity index (χ0) is 15.0. The maximum Gasteiger partial charge on any atom is 0.307 e. The largest absolute Gasteiger partial charge is 0.466 e. The first-order valence-electron chi connectivity index (χ1n) is 6.75. The summed E-state index contributed by atoms with van der Waals surface area (Å²) >= 11 is 3.27.